The third kappa shape index (κ3) is 9.22. The summed E-state index contributed by atoms with van der Waals surface area (Å²) >= 11 is 0. The Labute approximate surface area is 120 Å². The third-order valence-electron chi connectivity index (χ3n) is 2.64. The Morgan fingerprint density at radius 2 is 1.85 bits per heavy atom. The van der Waals surface area contributed by atoms with Gasteiger partial charge in [0.1, 0.15) is 12.2 Å². The SMILES string of the molecule is CC(C)(C)OC(=O)COCCOC1CCN(O)CC1.O. The van der Waals surface area contributed by atoms with Gasteiger partial charge in [0.25, 0.3) is 0 Å². The molecule has 1 rings (SSSR count). The zero-order valence-electron chi connectivity index (χ0n) is 12.6. The molecule has 7 heteroatoms. The van der Waals surface area contributed by atoms with Gasteiger partial charge in [0, 0.05) is 13.1 Å². The zero-order chi connectivity index (χ0) is 14.3. The lowest BCUT2D eigenvalue weighted by atomic mass is 10.1. The first kappa shape index (κ1) is 19.3. The Hall–Kier alpha value is -0.730. The number of rotatable bonds is 6. The highest BCUT2D eigenvalue weighted by Gasteiger charge is 2.18. The fraction of sp³-hybridized carbons (Fsp3) is 0.923. The number of esters is 1. The number of piperidine rings is 1. The maximum atomic E-state index is 11.3. The molecule has 0 spiro atoms. The minimum absolute atomic E-state index is 0. The smallest absolute Gasteiger partial charge is 0.332 e. The summed E-state index contributed by atoms with van der Waals surface area (Å²) in [5, 5.41) is 10.5. The minimum Gasteiger partial charge on any atom is -0.458 e. The molecule has 0 aromatic carbocycles. The fourth-order valence-corrected chi connectivity index (χ4v) is 1.81. The number of carbonyl (C=O) groups excluding carboxylic acids is 1. The summed E-state index contributed by atoms with van der Waals surface area (Å²) in [6, 6.07) is 0. The summed E-state index contributed by atoms with van der Waals surface area (Å²) in [5.41, 5.74) is -0.477. The molecule has 0 bridgehead atoms. The summed E-state index contributed by atoms with van der Waals surface area (Å²) in [5.74, 6) is -0.360. The van der Waals surface area contributed by atoms with E-state index in [0.717, 1.165) is 12.8 Å². The van der Waals surface area contributed by atoms with Crippen molar-refractivity contribution in [2.24, 2.45) is 0 Å². The van der Waals surface area contributed by atoms with Gasteiger partial charge >= 0.3 is 5.97 Å². The standard InChI is InChI=1S/C13H25NO5.H2O/c1-13(2,3)19-12(15)10-17-8-9-18-11-4-6-14(16)7-5-11;/h11,16H,4-10H2,1-3H3;1H2. The zero-order valence-corrected chi connectivity index (χ0v) is 12.6. The summed E-state index contributed by atoms with van der Waals surface area (Å²) in [6.07, 6.45) is 1.82. The predicted molar refractivity (Wildman–Crippen MR) is 72.6 cm³/mol. The molecular weight excluding hydrogens is 266 g/mol. The average Bonchev–Trinajstić information content (AvgIpc) is 2.29. The van der Waals surface area contributed by atoms with E-state index in [0.29, 0.717) is 26.3 Å². The van der Waals surface area contributed by atoms with Crippen molar-refractivity contribution in [3.8, 4) is 0 Å². The first-order chi connectivity index (χ1) is 8.87. The van der Waals surface area contributed by atoms with Gasteiger partial charge in [0.15, 0.2) is 0 Å². The quantitative estimate of drug-likeness (QED) is 0.562. The van der Waals surface area contributed by atoms with E-state index in [9.17, 15) is 10.0 Å². The topological polar surface area (TPSA) is 99.7 Å². The van der Waals surface area contributed by atoms with Crippen LogP contribution in [0.2, 0.25) is 0 Å². The fourth-order valence-electron chi connectivity index (χ4n) is 1.81. The number of nitrogens with zero attached hydrogens (tertiary/aromatic N) is 1. The van der Waals surface area contributed by atoms with Crippen molar-refractivity contribution in [3.05, 3.63) is 0 Å². The maximum absolute atomic E-state index is 11.3. The Balaban J connectivity index is 0.00000361. The van der Waals surface area contributed by atoms with Crippen molar-refractivity contribution in [3.63, 3.8) is 0 Å². The van der Waals surface area contributed by atoms with Crippen LogP contribution in [0.15, 0.2) is 0 Å². The summed E-state index contributed by atoms with van der Waals surface area (Å²) < 4.78 is 15.9. The Bertz CT molecular complexity index is 271. The van der Waals surface area contributed by atoms with Crippen LogP contribution in [0.25, 0.3) is 0 Å². The molecule has 0 aromatic heterocycles. The molecule has 0 aliphatic carbocycles. The van der Waals surface area contributed by atoms with Crippen LogP contribution in [0.3, 0.4) is 0 Å². The van der Waals surface area contributed by atoms with Gasteiger partial charge in [-0.05, 0) is 33.6 Å². The van der Waals surface area contributed by atoms with Crippen molar-refractivity contribution >= 4 is 5.97 Å². The number of hydroxylamine groups is 2. The van der Waals surface area contributed by atoms with Crippen LogP contribution in [0.1, 0.15) is 33.6 Å². The molecule has 0 saturated carbocycles. The molecule has 0 amide bonds. The second-order valence-electron chi connectivity index (χ2n) is 5.66. The van der Waals surface area contributed by atoms with Crippen LogP contribution in [-0.4, -0.2) is 66.3 Å². The van der Waals surface area contributed by atoms with Crippen LogP contribution >= 0.6 is 0 Å². The van der Waals surface area contributed by atoms with Gasteiger partial charge in [0.2, 0.25) is 0 Å². The monoisotopic (exact) mass is 293 g/mol. The molecule has 0 unspecified atom stereocenters. The van der Waals surface area contributed by atoms with Crippen molar-refractivity contribution in [2.45, 2.75) is 45.3 Å². The first-order valence-corrected chi connectivity index (χ1v) is 6.72. The van der Waals surface area contributed by atoms with Crippen molar-refractivity contribution < 1.29 is 29.7 Å². The van der Waals surface area contributed by atoms with E-state index in [1.807, 2.05) is 20.8 Å². The van der Waals surface area contributed by atoms with Crippen LogP contribution in [0.5, 0.6) is 0 Å². The van der Waals surface area contributed by atoms with Gasteiger partial charge < -0.3 is 24.9 Å². The van der Waals surface area contributed by atoms with Crippen LogP contribution < -0.4 is 0 Å². The summed E-state index contributed by atoms with van der Waals surface area (Å²) in [6.45, 7) is 7.53. The predicted octanol–water partition coefficient (Wildman–Crippen LogP) is 0.390. The average molecular weight is 293 g/mol. The second kappa shape index (κ2) is 9.25. The van der Waals surface area contributed by atoms with Crippen LogP contribution in [0.4, 0.5) is 0 Å². The summed E-state index contributed by atoms with van der Waals surface area (Å²) in [7, 11) is 0. The first-order valence-electron chi connectivity index (χ1n) is 6.72. The van der Waals surface area contributed by atoms with Crippen molar-refractivity contribution in [2.75, 3.05) is 32.9 Å². The van der Waals surface area contributed by atoms with Crippen LogP contribution in [-0.2, 0) is 19.0 Å². The van der Waals surface area contributed by atoms with Crippen LogP contribution in [0, 0.1) is 0 Å². The van der Waals surface area contributed by atoms with Gasteiger partial charge in [-0.2, -0.15) is 5.06 Å². The highest BCUT2D eigenvalue weighted by Crippen LogP contribution is 2.11. The molecule has 20 heavy (non-hydrogen) atoms. The number of hydrogen-bond donors (Lipinski definition) is 1. The molecule has 0 atom stereocenters. The molecule has 1 aliphatic heterocycles. The second-order valence-corrected chi connectivity index (χ2v) is 5.66. The van der Waals surface area contributed by atoms with E-state index in [1.54, 1.807) is 0 Å². The highest BCUT2D eigenvalue weighted by atomic mass is 16.6. The molecular formula is C13H27NO6. The van der Waals surface area contributed by atoms with E-state index < -0.39 is 5.60 Å². The lowest BCUT2D eigenvalue weighted by Crippen LogP contribution is -2.35. The molecule has 1 fully saturated rings. The van der Waals surface area contributed by atoms with Crippen molar-refractivity contribution in [1.29, 1.82) is 0 Å². The van der Waals surface area contributed by atoms with E-state index in [-0.39, 0.29) is 24.2 Å². The van der Waals surface area contributed by atoms with Gasteiger partial charge in [-0.1, -0.05) is 0 Å². The largest absolute Gasteiger partial charge is 0.458 e. The van der Waals surface area contributed by atoms with Gasteiger partial charge in [0.05, 0.1) is 19.3 Å². The molecule has 1 saturated heterocycles. The number of hydrogen-bond acceptors (Lipinski definition) is 6. The lowest BCUT2D eigenvalue weighted by molar-refractivity contribution is -0.161. The number of ether oxygens (including phenoxy) is 3. The van der Waals surface area contributed by atoms with E-state index in [1.165, 1.54) is 5.06 Å². The molecule has 0 radical (unpaired) electrons. The van der Waals surface area contributed by atoms with Gasteiger partial charge in [-0.3, -0.25) is 0 Å². The molecule has 0 aromatic rings. The Morgan fingerprint density at radius 1 is 1.25 bits per heavy atom. The molecule has 120 valence electrons. The normalized spacial score (nSPS) is 17.6. The Kier molecular flexibility index (Phi) is 8.91. The maximum Gasteiger partial charge on any atom is 0.332 e. The summed E-state index contributed by atoms with van der Waals surface area (Å²) in [4.78, 5) is 11.3. The van der Waals surface area contributed by atoms with Gasteiger partial charge in [-0.25, -0.2) is 4.79 Å². The molecule has 1 heterocycles. The van der Waals surface area contributed by atoms with Crippen molar-refractivity contribution in [1.82, 2.24) is 5.06 Å². The molecule has 7 nitrogen and oxygen atoms in total. The lowest BCUT2D eigenvalue weighted by Gasteiger charge is -2.27. The molecule has 1 aliphatic rings. The van der Waals surface area contributed by atoms with E-state index in [2.05, 4.69) is 0 Å². The van der Waals surface area contributed by atoms with Gasteiger partial charge in [-0.15, -0.1) is 0 Å². The molecule has 3 N–H and O–H groups in total. The van der Waals surface area contributed by atoms with E-state index >= 15 is 0 Å². The Morgan fingerprint density at radius 3 is 2.40 bits per heavy atom. The third-order valence-corrected chi connectivity index (χ3v) is 2.64. The minimum atomic E-state index is -0.477. The highest BCUT2D eigenvalue weighted by molar-refractivity contribution is 5.71. The number of carbonyl (C=O) groups is 1. The van der Waals surface area contributed by atoms with E-state index in [4.69, 9.17) is 14.2 Å².